The van der Waals surface area contributed by atoms with E-state index in [1.165, 1.54) is 24.9 Å². The Bertz CT molecular complexity index is 696. The maximum Gasteiger partial charge on any atom is 0.119 e. The average molecular weight is 307 g/mol. The van der Waals surface area contributed by atoms with E-state index in [0.717, 1.165) is 18.1 Å². The van der Waals surface area contributed by atoms with E-state index in [1.54, 1.807) is 18.2 Å². The minimum atomic E-state index is 0.639. The molecule has 0 saturated carbocycles. The van der Waals surface area contributed by atoms with Gasteiger partial charge in [-0.05, 0) is 61.1 Å². The molecule has 0 N–H and O–H groups in total. The fraction of sp³-hybridized carbons (Fsp3) is 0.429. The highest BCUT2D eigenvalue weighted by Gasteiger charge is 2.42. The minimum absolute atomic E-state index is 0.639. The standard InChI is InChI=1S/C21H25NO/c1-22-14-20-18-9-4-3-7-16(18)10-11-19(20)21(22)13-15-6-5-8-17(12-15)23-2/h3-9,12,19-21H,10-11,13-14H2,1-2H3/t19?,20-,21+/m0/s1. The van der Waals surface area contributed by atoms with Gasteiger partial charge < -0.3 is 9.64 Å². The number of nitrogens with zero attached hydrogens (tertiary/aromatic N) is 1. The number of hydrogen-bond donors (Lipinski definition) is 0. The third-order valence-electron chi connectivity index (χ3n) is 5.84. The van der Waals surface area contributed by atoms with Gasteiger partial charge in [-0.15, -0.1) is 0 Å². The summed E-state index contributed by atoms with van der Waals surface area (Å²) >= 11 is 0. The van der Waals surface area contributed by atoms with E-state index in [1.807, 2.05) is 6.07 Å². The molecule has 1 unspecified atom stereocenters. The summed E-state index contributed by atoms with van der Waals surface area (Å²) in [6.07, 6.45) is 3.68. The van der Waals surface area contributed by atoms with Crippen molar-refractivity contribution in [3.8, 4) is 5.75 Å². The molecule has 0 amide bonds. The Labute approximate surface area is 139 Å². The van der Waals surface area contributed by atoms with Gasteiger partial charge >= 0.3 is 0 Å². The number of ether oxygens (including phenoxy) is 1. The van der Waals surface area contributed by atoms with E-state index < -0.39 is 0 Å². The molecule has 1 fully saturated rings. The topological polar surface area (TPSA) is 12.5 Å². The molecule has 2 heteroatoms. The summed E-state index contributed by atoms with van der Waals surface area (Å²) in [6.45, 7) is 1.19. The van der Waals surface area contributed by atoms with Crippen LogP contribution < -0.4 is 4.74 Å². The van der Waals surface area contributed by atoms with Gasteiger partial charge in [0.15, 0.2) is 0 Å². The van der Waals surface area contributed by atoms with E-state index in [-0.39, 0.29) is 0 Å². The van der Waals surface area contributed by atoms with Crippen LogP contribution in [0.3, 0.4) is 0 Å². The molecule has 2 aromatic carbocycles. The van der Waals surface area contributed by atoms with Gasteiger partial charge in [0.05, 0.1) is 7.11 Å². The number of likely N-dealkylation sites (tertiary alicyclic amines) is 1. The predicted molar refractivity (Wildman–Crippen MR) is 94.1 cm³/mol. The van der Waals surface area contributed by atoms with Crippen LogP contribution in [0.25, 0.3) is 0 Å². The minimum Gasteiger partial charge on any atom is -0.497 e. The molecular weight excluding hydrogens is 282 g/mol. The molecular formula is C21H25NO. The molecule has 4 rings (SSSR count). The summed E-state index contributed by atoms with van der Waals surface area (Å²) in [5.41, 5.74) is 4.56. The number of rotatable bonds is 3. The second-order valence-electron chi connectivity index (χ2n) is 7.07. The smallest absolute Gasteiger partial charge is 0.119 e. The zero-order chi connectivity index (χ0) is 15.8. The summed E-state index contributed by atoms with van der Waals surface area (Å²) in [6, 6.07) is 18.3. The SMILES string of the molecule is COc1cccc(C[C@@H]2C3CCc4ccccc4[C@@H]3CN2C)c1. The summed E-state index contributed by atoms with van der Waals surface area (Å²) in [7, 11) is 4.04. The lowest BCUT2D eigenvalue weighted by Crippen LogP contribution is -2.32. The van der Waals surface area contributed by atoms with Crippen LogP contribution in [0.2, 0.25) is 0 Å². The summed E-state index contributed by atoms with van der Waals surface area (Å²) in [4.78, 5) is 2.58. The molecule has 1 aliphatic heterocycles. The first-order valence-electron chi connectivity index (χ1n) is 8.67. The molecule has 1 saturated heterocycles. The maximum absolute atomic E-state index is 5.39. The first kappa shape index (κ1) is 14.8. The van der Waals surface area contributed by atoms with E-state index in [4.69, 9.17) is 4.74 Å². The van der Waals surface area contributed by atoms with Gasteiger partial charge in [0, 0.05) is 18.5 Å². The van der Waals surface area contributed by atoms with Gasteiger partial charge in [0.25, 0.3) is 0 Å². The highest BCUT2D eigenvalue weighted by atomic mass is 16.5. The number of likely N-dealkylation sites (N-methyl/N-ethyl adjacent to an activating group) is 1. The monoisotopic (exact) mass is 307 g/mol. The van der Waals surface area contributed by atoms with Crippen LogP contribution in [-0.4, -0.2) is 31.6 Å². The zero-order valence-electron chi connectivity index (χ0n) is 14.0. The molecule has 3 atom stereocenters. The van der Waals surface area contributed by atoms with E-state index in [2.05, 4.69) is 54.4 Å². The third kappa shape index (κ3) is 2.66. The predicted octanol–water partition coefficient (Wildman–Crippen LogP) is 3.90. The Morgan fingerprint density at radius 1 is 1.13 bits per heavy atom. The van der Waals surface area contributed by atoms with E-state index in [9.17, 15) is 0 Å². The van der Waals surface area contributed by atoms with Gasteiger partial charge in [-0.2, -0.15) is 0 Å². The normalized spacial score (nSPS) is 26.6. The lowest BCUT2D eigenvalue weighted by Gasteiger charge is -2.31. The second kappa shape index (κ2) is 6.01. The van der Waals surface area contributed by atoms with Crippen molar-refractivity contribution < 1.29 is 4.74 Å². The summed E-state index contributed by atoms with van der Waals surface area (Å²) < 4.78 is 5.39. The van der Waals surface area contributed by atoms with E-state index in [0.29, 0.717) is 12.0 Å². The van der Waals surface area contributed by atoms with Crippen molar-refractivity contribution in [2.45, 2.75) is 31.2 Å². The quantitative estimate of drug-likeness (QED) is 0.853. The van der Waals surface area contributed by atoms with Gasteiger partial charge in [0.1, 0.15) is 5.75 Å². The number of hydrogen-bond acceptors (Lipinski definition) is 2. The average Bonchev–Trinajstić information content (AvgIpc) is 2.91. The molecule has 0 spiro atoms. The van der Waals surface area contributed by atoms with Crippen LogP contribution in [0, 0.1) is 5.92 Å². The lowest BCUT2D eigenvalue weighted by molar-refractivity contribution is 0.259. The molecule has 2 aliphatic rings. The summed E-state index contributed by atoms with van der Waals surface area (Å²) in [5, 5.41) is 0. The highest BCUT2D eigenvalue weighted by molar-refractivity contribution is 5.36. The van der Waals surface area contributed by atoms with Crippen LogP contribution in [0.4, 0.5) is 0 Å². The van der Waals surface area contributed by atoms with Crippen molar-refractivity contribution in [3.05, 3.63) is 65.2 Å². The van der Waals surface area contributed by atoms with Crippen LogP contribution in [-0.2, 0) is 12.8 Å². The number of fused-ring (bicyclic) bond motifs is 3. The van der Waals surface area contributed by atoms with Crippen molar-refractivity contribution >= 4 is 0 Å². The van der Waals surface area contributed by atoms with Gasteiger partial charge in [-0.25, -0.2) is 0 Å². The molecule has 0 aromatic heterocycles. The first-order chi connectivity index (χ1) is 11.3. The maximum atomic E-state index is 5.39. The Morgan fingerprint density at radius 2 is 2.00 bits per heavy atom. The molecule has 1 aliphatic carbocycles. The Kier molecular flexibility index (Phi) is 3.86. The number of benzene rings is 2. The number of methoxy groups -OCH3 is 1. The van der Waals surface area contributed by atoms with Gasteiger partial charge in [-0.1, -0.05) is 36.4 Å². The van der Waals surface area contributed by atoms with Crippen LogP contribution in [0.5, 0.6) is 5.75 Å². The lowest BCUT2D eigenvalue weighted by atomic mass is 9.74. The Hall–Kier alpha value is -1.80. The molecule has 2 aromatic rings. The van der Waals surface area contributed by atoms with Crippen molar-refractivity contribution in [2.24, 2.45) is 5.92 Å². The Balaban J connectivity index is 1.59. The molecule has 1 heterocycles. The zero-order valence-corrected chi connectivity index (χ0v) is 14.0. The molecule has 0 bridgehead atoms. The molecule has 2 nitrogen and oxygen atoms in total. The largest absolute Gasteiger partial charge is 0.497 e. The van der Waals surface area contributed by atoms with Gasteiger partial charge in [-0.3, -0.25) is 0 Å². The molecule has 120 valence electrons. The van der Waals surface area contributed by atoms with Crippen LogP contribution >= 0.6 is 0 Å². The fourth-order valence-electron chi connectivity index (χ4n) is 4.69. The van der Waals surface area contributed by atoms with Crippen molar-refractivity contribution in [3.63, 3.8) is 0 Å². The van der Waals surface area contributed by atoms with Crippen molar-refractivity contribution in [2.75, 3.05) is 20.7 Å². The number of aryl methyl sites for hydroxylation is 1. The molecule has 0 radical (unpaired) electrons. The first-order valence-corrected chi connectivity index (χ1v) is 8.67. The highest BCUT2D eigenvalue weighted by Crippen LogP contribution is 2.45. The Morgan fingerprint density at radius 3 is 2.87 bits per heavy atom. The third-order valence-corrected chi connectivity index (χ3v) is 5.84. The van der Waals surface area contributed by atoms with Crippen molar-refractivity contribution in [1.29, 1.82) is 0 Å². The van der Waals surface area contributed by atoms with E-state index >= 15 is 0 Å². The van der Waals surface area contributed by atoms with Gasteiger partial charge in [0.2, 0.25) is 0 Å². The second-order valence-corrected chi connectivity index (χ2v) is 7.07. The fourth-order valence-corrected chi connectivity index (χ4v) is 4.69. The van der Waals surface area contributed by atoms with Crippen molar-refractivity contribution in [1.82, 2.24) is 4.90 Å². The van der Waals surface area contributed by atoms with Crippen LogP contribution in [0.1, 0.15) is 29.0 Å². The van der Waals surface area contributed by atoms with Crippen LogP contribution in [0.15, 0.2) is 48.5 Å². The molecule has 23 heavy (non-hydrogen) atoms. The summed E-state index contributed by atoms with van der Waals surface area (Å²) in [5.74, 6) is 2.45.